The summed E-state index contributed by atoms with van der Waals surface area (Å²) in [6, 6.07) is 16.7. The molecule has 26 heavy (non-hydrogen) atoms. The monoisotopic (exact) mass is 352 g/mol. The lowest BCUT2D eigenvalue weighted by molar-refractivity contribution is 0.417. The Kier molecular flexibility index (Phi) is 5.35. The molecule has 3 aromatic rings. The highest BCUT2D eigenvalue weighted by molar-refractivity contribution is 5.68. The zero-order valence-corrected chi connectivity index (χ0v) is 14.5. The summed E-state index contributed by atoms with van der Waals surface area (Å²) in [5.74, 6) is 8.29. The van der Waals surface area contributed by atoms with Crippen molar-refractivity contribution >= 4 is 29.0 Å². The summed E-state index contributed by atoms with van der Waals surface area (Å²) in [5, 5.41) is 6.35. The average molecular weight is 352 g/mol. The third-order valence-electron chi connectivity index (χ3n) is 3.60. The number of nitrogens with zero attached hydrogens (tertiary/aromatic N) is 2. The number of nitrogens with one attached hydrogen (secondary N) is 3. The molecule has 0 aliphatic rings. The quantitative estimate of drug-likeness (QED) is 0.379. The Bertz CT molecular complexity index is 819. The first-order chi connectivity index (χ1) is 12.7. The number of anilines is 5. The Balaban J connectivity index is 1.91. The van der Waals surface area contributed by atoms with Crippen molar-refractivity contribution in [1.29, 1.82) is 0 Å². The van der Waals surface area contributed by atoms with E-state index in [2.05, 4.69) is 26.0 Å². The van der Waals surface area contributed by atoms with E-state index in [-0.39, 0.29) is 0 Å². The third-order valence-corrected chi connectivity index (χ3v) is 3.60. The summed E-state index contributed by atoms with van der Waals surface area (Å²) in [4.78, 5) is 8.80. The fourth-order valence-corrected chi connectivity index (χ4v) is 2.40. The molecule has 134 valence electrons. The molecule has 0 saturated carbocycles. The molecule has 1 heterocycles. The lowest BCUT2D eigenvalue weighted by atomic mass is 10.3. The van der Waals surface area contributed by atoms with E-state index < -0.39 is 0 Å². The Labute approximate surface area is 151 Å². The predicted octanol–water partition coefficient (Wildman–Crippen LogP) is 3.27. The SMILES string of the molecule is COc1ccccc1Nc1cc(NN)nc(Nc2ccccc2OC)n1. The summed E-state index contributed by atoms with van der Waals surface area (Å²) >= 11 is 0. The van der Waals surface area contributed by atoms with Gasteiger partial charge in [-0.1, -0.05) is 24.3 Å². The van der Waals surface area contributed by atoms with Crippen LogP contribution in [0.15, 0.2) is 54.6 Å². The van der Waals surface area contributed by atoms with Gasteiger partial charge < -0.3 is 25.5 Å². The van der Waals surface area contributed by atoms with Crippen LogP contribution in [0.5, 0.6) is 11.5 Å². The minimum absolute atomic E-state index is 0.363. The van der Waals surface area contributed by atoms with Crippen molar-refractivity contribution in [2.45, 2.75) is 0 Å². The largest absolute Gasteiger partial charge is 0.495 e. The summed E-state index contributed by atoms with van der Waals surface area (Å²) in [6.07, 6.45) is 0. The van der Waals surface area contributed by atoms with Gasteiger partial charge in [0, 0.05) is 6.07 Å². The molecule has 0 amide bonds. The number of nitrogens with two attached hydrogens (primary N) is 1. The first-order valence-electron chi connectivity index (χ1n) is 7.89. The average Bonchev–Trinajstić information content (AvgIpc) is 2.68. The van der Waals surface area contributed by atoms with E-state index in [4.69, 9.17) is 15.3 Å². The number of hydrogen-bond donors (Lipinski definition) is 4. The van der Waals surface area contributed by atoms with E-state index in [0.717, 1.165) is 11.4 Å². The van der Waals surface area contributed by atoms with Crippen molar-refractivity contribution < 1.29 is 9.47 Å². The number of aromatic nitrogens is 2. The normalized spacial score (nSPS) is 10.1. The van der Waals surface area contributed by atoms with Crippen LogP contribution < -0.4 is 31.4 Å². The van der Waals surface area contributed by atoms with Gasteiger partial charge in [-0.2, -0.15) is 9.97 Å². The zero-order valence-electron chi connectivity index (χ0n) is 14.5. The lowest BCUT2D eigenvalue weighted by Gasteiger charge is -2.14. The number of hydrazine groups is 1. The summed E-state index contributed by atoms with van der Waals surface area (Å²) < 4.78 is 10.7. The standard InChI is InChI=1S/C18H20N6O2/c1-25-14-9-5-3-7-12(14)20-16-11-17(24-19)23-18(22-16)21-13-8-4-6-10-15(13)26-2/h3-11H,19H2,1-2H3,(H3,20,21,22,23,24). The van der Waals surface area contributed by atoms with Gasteiger partial charge >= 0.3 is 0 Å². The smallest absolute Gasteiger partial charge is 0.231 e. The molecule has 1 aromatic heterocycles. The predicted molar refractivity (Wildman–Crippen MR) is 102 cm³/mol. The molecular formula is C18H20N6O2. The van der Waals surface area contributed by atoms with E-state index in [1.54, 1.807) is 20.3 Å². The van der Waals surface area contributed by atoms with Crippen molar-refractivity contribution in [3.8, 4) is 11.5 Å². The summed E-state index contributed by atoms with van der Waals surface area (Å²) in [5.41, 5.74) is 4.06. The number of nitrogen functional groups attached to an aromatic ring is 1. The maximum atomic E-state index is 5.54. The fourth-order valence-electron chi connectivity index (χ4n) is 2.40. The molecule has 5 N–H and O–H groups in total. The number of rotatable bonds is 7. The molecule has 2 aromatic carbocycles. The molecule has 0 saturated heterocycles. The Morgan fingerprint density at radius 3 is 1.88 bits per heavy atom. The van der Waals surface area contributed by atoms with Gasteiger partial charge in [0.05, 0.1) is 25.6 Å². The molecular weight excluding hydrogens is 332 g/mol. The molecule has 0 atom stereocenters. The van der Waals surface area contributed by atoms with Crippen molar-refractivity contribution in [1.82, 2.24) is 9.97 Å². The van der Waals surface area contributed by atoms with Crippen molar-refractivity contribution in [2.24, 2.45) is 5.84 Å². The van der Waals surface area contributed by atoms with Gasteiger partial charge in [-0.15, -0.1) is 0 Å². The van der Waals surface area contributed by atoms with Crippen LogP contribution in [0.2, 0.25) is 0 Å². The first-order valence-corrected chi connectivity index (χ1v) is 7.89. The van der Waals surface area contributed by atoms with Crippen LogP contribution in [0.3, 0.4) is 0 Å². The van der Waals surface area contributed by atoms with Crippen molar-refractivity contribution in [2.75, 3.05) is 30.3 Å². The highest BCUT2D eigenvalue weighted by Crippen LogP contribution is 2.29. The molecule has 8 heteroatoms. The second-order valence-corrected chi connectivity index (χ2v) is 5.26. The van der Waals surface area contributed by atoms with Crippen LogP contribution >= 0.6 is 0 Å². The highest BCUT2D eigenvalue weighted by Gasteiger charge is 2.09. The van der Waals surface area contributed by atoms with Crippen LogP contribution in [0.1, 0.15) is 0 Å². The number of methoxy groups -OCH3 is 2. The molecule has 0 aliphatic carbocycles. The van der Waals surface area contributed by atoms with Gasteiger partial charge in [0.25, 0.3) is 0 Å². The zero-order chi connectivity index (χ0) is 18.4. The number of benzene rings is 2. The van der Waals surface area contributed by atoms with Gasteiger partial charge in [0.2, 0.25) is 5.95 Å². The topological polar surface area (TPSA) is 106 Å². The van der Waals surface area contributed by atoms with Crippen molar-refractivity contribution in [3.05, 3.63) is 54.6 Å². The minimum Gasteiger partial charge on any atom is -0.495 e. The van der Waals surface area contributed by atoms with E-state index in [0.29, 0.717) is 29.1 Å². The molecule has 0 unspecified atom stereocenters. The van der Waals surface area contributed by atoms with Crippen LogP contribution in [-0.4, -0.2) is 24.2 Å². The number of hydrogen-bond acceptors (Lipinski definition) is 8. The fraction of sp³-hybridized carbons (Fsp3) is 0.111. The third kappa shape index (κ3) is 3.93. The van der Waals surface area contributed by atoms with Crippen LogP contribution in [0.4, 0.5) is 29.0 Å². The van der Waals surface area contributed by atoms with Crippen LogP contribution in [0, 0.1) is 0 Å². The van der Waals surface area contributed by atoms with Crippen molar-refractivity contribution in [3.63, 3.8) is 0 Å². The van der Waals surface area contributed by atoms with Gasteiger partial charge in [-0.3, -0.25) is 0 Å². The Morgan fingerprint density at radius 2 is 1.31 bits per heavy atom. The minimum atomic E-state index is 0.363. The number of para-hydroxylation sites is 4. The van der Waals surface area contributed by atoms with Crippen LogP contribution in [-0.2, 0) is 0 Å². The summed E-state index contributed by atoms with van der Waals surface area (Å²) in [6.45, 7) is 0. The molecule has 0 aliphatic heterocycles. The van der Waals surface area contributed by atoms with E-state index in [1.165, 1.54) is 0 Å². The van der Waals surface area contributed by atoms with E-state index in [1.807, 2.05) is 48.5 Å². The molecule has 3 rings (SSSR count). The maximum Gasteiger partial charge on any atom is 0.231 e. The van der Waals surface area contributed by atoms with E-state index >= 15 is 0 Å². The van der Waals surface area contributed by atoms with Crippen LogP contribution in [0.25, 0.3) is 0 Å². The van der Waals surface area contributed by atoms with Gasteiger partial charge in [0.15, 0.2) is 0 Å². The molecule has 0 fully saturated rings. The molecule has 0 bridgehead atoms. The Morgan fingerprint density at radius 1 is 0.769 bits per heavy atom. The second kappa shape index (κ2) is 8.04. The van der Waals surface area contributed by atoms with Gasteiger partial charge in [0.1, 0.15) is 23.1 Å². The number of ether oxygens (including phenoxy) is 2. The Hall–Kier alpha value is -3.52. The first kappa shape index (κ1) is 17.3. The molecule has 0 radical (unpaired) electrons. The van der Waals surface area contributed by atoms with Gasteiger partial charge in [-0.25, -0.2) is 5.84 Å². The highest BCUT2D eigenvalue weighted by atomic mass is 16.5. The molecule has 0 spiro atoms. The van der Waals surface area contributed by atoms with Gasteiger partial charge in [-0.05, 0) is 24.3 Å². The lowest BCUT2D eigenvalue weighted by Crippen LogP contribution is -2.11. The summed E-state index contributed by atoms with van der Waals surface area (Å²) in [7, 11) is 3.22. The second-order valence-electron chi connectivity index (χ2n) is 5.26. The molecule has 8 nitrogen and oxygen atoms in total. The maximum absolute atomic E-state index is 5.54. The van der Waals surface area contributed by atoms with E-state index in [9.17, 15) is 0 Å².